The van der Waals surface area contributed by atoms with Gasteiger partial charge in [0.05, 0.1) is 11.9 Å². The quantitative estimate of drug-likeness (QED) is 0.878. The minimum absolute atomic E-state index is 0.0105. The number of carbonyl (C=O) groups excluding carboxylic acids is 2. The maximum atomic E-state index is 11.9. The molecule has 0 fully saturated rings. The highest BCUT2D eigenvalue weighted by Gasteiger charge is 2.33. The Bertz CT molecular complexity index is 751. The molecule has 1 aliphatic rings. The van der Waals surface area contributed by atoms with Gasteiger partial charge in [-0.25, -0.2) is 0 Å². The Morgan fingerprint density at radius 1 is 1.32 bits per heavy atom. The van der Waals surface area contributed by atoms with Crippen molar-refractivity contribution in [3.05, 3.63) is 58.2 Å². The molecule has 1 unspecified atom stereocenters. The van der Waals surface area contributed by atoms with Gasteiger partial charge in [0.15, 0.2) is 5.78 Å². The second kappa shape index (κ2) is 5.74. The molecule has 1 atom stereocenters. The van der Waals surface area contributed by atoms with Gasteiger partial charge >= 0.3 is 0 Å². The third kappa shape index (κ3) is 2.56. The van der Waals surface area contributed by atoms with Gasteiger partial charge in [-0.1, -0.05) is 24.3 Å². The first-order chi connectivity index (χ1) is 10.4. The third-order valence-corrected chi connectivity index (χ3v) is 3.46. The third-order valence-electron chi connectivity index (χ3n) is 3.46. The van der Waals surface area contributed by atoms with E-state index in [0.29, 0.717) is 16.9 Å². The molecule has 0 radical (unpaired) electrons. The first-order valence-electron chi connectivity index (χ1n) is 6.47. The summed E-state index contributed by atoms with van der Waals surface area (Å²) in [4.78, 5) is 22.7. The van der Waals surface area contributed by atoms with Crippen LogP contribution < -0.4 is 10.8 Å². The van der Waals surface area contributed by atoms with Crippen molar-refractivity contribution in [2.45, 2.75) is 19.8 Å². The normalized spacial score (nSPS) is 17.8. The van der Waals surface area contributed by atoms with Crippen molar-refractivity contribution in [2.75, 3.05) is 0 Å². The molecule has 1 aliphatic heterocycles. The molecule has 0 aromatic heterocycles. The first-order valence-corrected chi connectivity index (χ1v) is 6.47. The largest absolute Gasteiger partial charge is 0.545 e. The summed E-state index contributed by atoms with van der Waals surface area (Å²) in [6, 6.07) is 7.74. The van der Waals surface area contributed by atoms with Gasteiger partial charge in [-0.05, 0) is 25.0 Å². The number of allylic oxidation sites excluding steroid dienone is 3. The number of carboxylic acids is 1. The van der Waals surface area contributed by atoms with Crippen molar-refractivity contribution in [1.29, 1.82) is 5.26 Å². The second-order valence-electron chi connectivity index (χ2n) is 4.86. The van der Waals surface area contributed by atoms with Gasteiger partial charge in [-0.15, -0.1) is 0 Å². The summed E-state index contributed by atoms with van der Waals surface area (Å²) in [7, 11) is 0. The summed E-state index contributed by atoms with van der Waals surface area (Å²) >= 11 is 0. The molecule has 2 N–H and O–H groups in total. The molecule has 1 aromatic carbocycles. The predicted octanol–water partition coefficient (Wildman–Crippen LogP) is 0.721. The van der Waals surface area contributed by atoms with Gasteiger partial charge < -0.3 is 20.4 Å². The van der Waals surface area contributed by atoms with Crippen molar-refractivity contribution in [1.82, 2.24) is 0 Å². The lowest BCUT2D eigenvalue weighted by Crippen LogP contribution is -2.24. The van der Waals surface area contributed by atoms with Crippen LogP contribution in [0, 0.1) is 11.3 Å². The molecule has 0 bridgehead atoms. The standard InChI is InChI=1S/C16H14N2O4/c1-8(19)13-9(2)22-15(18)12(7-17)14(13)10-3-5-11(6-4-10)16(20)21/h3-6,14H,18H2,1-2H3,(H,20,21)/p-1. The summed E-state index contributed by atoms with van der Waals surface area (Å²) in [5.41, 5.74) is 6.77. The van der Waals surface area contributed by atoms with Crippen LogP contribution in [0.4, 0.5) is 0 Å². The Balaban J connectivity index is 2.60. The highest BCUT2D eigenvalue weighted by Crippen LogP contribution is 2.39. The van der Waals surface area contributed by atoms with Crippen molar-refractivity contribution < 1.29 is 19.4 Å². The Kier molecular flexibility index (Phi) is 4.00. The Morgan fingerprint density at radius 2 is 1.91 bits per heavy atom. The number of aromatic carboxylic acids is 1. The number of hydrogen-bond donors (Lipinski definition) is 1. The van der Waals surface area contributed by atoms with Crippen LogP contribution in [0.1, 0.15) is 35.7 Å². The van der Waals surface area contributed by atoms with E-state index >= 15 is 0 Å². The number of nitrogens with zero attached hydrogens (tertiary/aromatic N) is 1. The molecule has 6 nitrogen and oxygen atoms in total. The molecule has 22 heavy (non-hydrogen) atoms. The molecule has 1 heterocycles. The van der Waals surface area contributed by atoms with E-state index in [-0.39, 0.29) is 22.8 Å². The highest BCUT2D eigenvalue weighted by molar-refractivity contribution is 5.96. The van der Waals surface area contributed by atoms with Crippen LogP contribution in [0.3, 0.4) is 0 Å². The van der Waals surface area contributed by atoms with Crippen LogP contribution in [0.2, 0.25) is 0 Å². The SMILES string of the molecule is CC(=O)C1=C(C)OC(N)=C(C#N)C1c1ccc(C(=O)[O-])cc1. The fourth-order valence-electron chi connectivity index (χ4n) is 2.48. The lowest BCUT2D eigenvalue weighted by molar-refractivity contribution is -0.255. The topological polar surface area (TPSA) is 116 Å². The van der Waals surface area contributed by atoms with Crippen molar-refractivity contribution >= 4 is 11.8 Å². The van der Waals surface area contributed by atoms with Crippen LogP contribution in [-0.4, -0.2) is 11.8 Å². The smallest absolute Gasteiger partial charge is 0.205 e. The molecule has 0 saturated carbocycles. The molecule has 6 heteroatoms. The minimum Gasteiger partial charge on any atom is -0.545 e. The number of nitrogens with two attached hydrogens (primary N) is 1. The molecule has 0 amide bonds. The maximum Gasteiger partial charge on any atom is 0.205 e. The summed E-state index contributed by atoms with van der Waals surface area (Å²) in [6.07, 6.45) is 0. The van der Waals surface area contributed by atoms with Gasteiger partial charge in [-0.3, -0.25) is 4.79 Å². The molecule has 112 valence electrons. The van der Waals surface area contributed by atoms with Crippen LogP contribution in [0.5, 0.6) is 0 Å². The van der Waals surface area contributed by atoms with Crippen LogP contribution in [-0.2, 0) is 9.53 Å². The highest BCUT2D eigenvalue weighted by atomic mass is 16.5. The van der Waals surface area contributed by atoms with Crippen molar-refractivity contribution in [2.24, 2.45) is 5.73 Å². The number of Topliss-reactive ketones (excluding diaryl/α,β-unsaturated/α-hetero) is 1. The zero-order valence-corrected chi connectivity index (χ0v) is 12.0. The van der Waals surface area contributed by atoms with E-state index in [2.05, 4.69) is 0 Å². The lowest BCUT2D eigenvalue weighted by Gasteiger charge is -2.26. The Labute approximate surface area is 127 Å². The Hall–Kier alpha value is -3.07. The predicted molar refractivity (Wildman–Crippen MR) is 74.8 cm³/mol. The fraction of sp³-hybridized carbons (Fsp3) is 0.188. The van der Waals surface area contributed by atoms with Gasteiger partial charge in [0.25, 0.3) is 0 Å². The average Bonchev–Trinajstić information content (AvgIpc) is 2.46. The fourth-order valence-corrected chi connectivity index (χ4v) is 2.48. The zero-order valence-electron chi connectivity index (χ0n) is 12.0. The van der Waals surface area contributed by atoms with Crippen molar-refractivity contribution in [3.63, 3.8) is 0 Å². The van der Waals surface area contributed by atoms with E-state index in [1.165, 1.54) is 31.2 Å². The van der Waals surface area contributed by atoms with Gasteiger partial charge in [0.2, 0.25) is 5.88 Å². The van der Waals surface area contributed by atoms with Crippen molar-refractivity contribution in [3.8, 4) is 6.07 Å². The van der Waals surface area contributed by atoms with Crippen LogP contribution >= 0.6 is 0 Å². The number of ketones is 1. The monoisotopic (exact) mass is 297 g/mol. The van der Waals surface area contributed by atoms with E-state index in [9.17, 15) is 20.0 Å². The van der Waals surface area contributed by atoms with Crippen LogP contribution in [0.25, 0.3) is 0 Å². The van der Waals surface area contributed by atoms with Gasteiger partial charge in [0, 0.05) is 5.57 Å². The number of ether oxygens (including phenoxy) is 1. The summed E-state index contributed by atoms with van der Waals surface area (Å²) < 4.78 is 5.27. The minimum atomic E-state index is -1.30. The zero-order chi connectivity index (χ0) is 16.4. The molecule has 0 spiro atoms. The average molecular weight is 297 g/mol. The first kappa shape index (κ1) is 15.3. The number of rotatable bonds is 3. The Morgan fingerprint density at radius 3 is 2.36 bits per heavy atom. The molecule has 0 aliphatic carbocycles. The number of carboxylic acid groups (broad SMARTS) is 1. The van der Waals surface area contributed by atoms with E-state index in [0.717, 1.165) is 0 Å². The van der Waals surface area contributed by atoms with Gasteiger partial charge in [-0.2, -0.15) is 5.26 Å². The van der Waals surface area contributed by atoms with Crippen LogP contribution in [0.15, 0.2) is 47.1 Å². The molecule has 1 aromatic rings. The van der Waals surface area contributed by atoms with E-state index in [1.807, 2.05) is 6.07 Å². The second-order valence-corrected chi connectivity index (χ2v) is 4.86. The number of nitriles is 1. The summed E-state index contributed by atoms with van der Waals surface area (Å²) in [5.74, 6) is -1.94. The maximum absolute atomic E-state index is 11.9. The number of carbonyl (C=O) groups is 2. The summed E-state index contributed by atoms with van der Waals surface area (Å²) in [6.45, 7) is 2.97. The lowest BCUT2D eigenvalue weighted by atomic mass is 9.81. The molecule has 0 saturated heterocycles. The number of benzene rings is 1. The van der Waals surface area contributed by atoms with Gasteiger partial charge in [0.1, 0.15) is 17.4 Å². The summed E-state index contributed by atoms with van der Waals surface area (Å²) in [5, 5.41) is 20.1. The molecular formula is C16H13N2O4-. The van der Waals surface area contributed by atoms with E-state index in [1.54, 1.807) is 6.92 Å². The van der Waals surface area contributed by atoms with E-state index < -0.39 is 11.9 Å². The molecular weight excluding hydrogens is 284 g/mol. The number of hydrogen-bond acceptors (Lipinski definition) is 6. The molecule has 2 rings (SSSR count). The van der Waals surface area contributed by atoms with E-state index in [4.69, 9.17) is 10.5 Å².